The number of pyridine rings is 3. The molecule has 123 heavy (non-hydrogen) atoms. The number of alkyl carbamates (subject to hydrolysis) is 2. The molecule has 9 aromatic rings. The number of carbonyl (C=O) groups is 5. The molecule has 0 bridgehead atoms. The predicted molar refractivity (Wildman–Crippen MR) is 487 cm³/mol. The van der Waals surface area contributed by atoms with Gasteiger partial charge in [-0.05, 0) is 225 Å². The fraction of sp³-hybridized carbons (Fsp3) is 0.372. The number of hydrogen-bond donors (Lipinski definition) is 3. The van der Waals surface area contributed by atoms with E-state index in [0.717, 1.165) is 76.1 Å². The molecular weight excluding hydrogens is 1630 g/mol. The van der Waals surface area contributed by atoms with E-state index >= 15 is 0 Å². The molecule has 642 valence electrons. The molecule has 7 aliphatic heterocycles. The number of hydrogen-bond acceptors (Lipinski definition) is 19. The van der Waals surface area contributed by atoms with Crippen molar-refractivity contribution in [3.05, 3.63) is 215 Å². The van der Waals surface area contributed by atoms with Crippen molar-refractivity contribution in [2.45, 2.75) is 151 Å². The van der Waals surface area contributed by atoms with Gasteiger partial charge in [-0.2, -0.15) is 0 Å². The lowest BCUT2D eigenvalue weighted by Crippen LogP contribution is -2.42. The Kier molecular flexibility index (Phi) is 27.5. The van der Waals surface area contributed by atoms with Crippen LogP contribution in [0.3, 0.4) is 0 Å². The molecule has 0 spiro atoms. The van der Waals surface area contributed by atoms with Crippen LogP contribution in [0.2, 0.25) is 0 Å². The number of carbonyl (C=O) groups excluding carboxylic acids is 5. The number of nitrogens with two attached hydrogens (primary N) is 1. The summed E-state index contributed by atoms with van der Waals surface area (Å²) in [7, 11) is -0.400. The molecule has 3 aromatic heterocycles. The third-order valence-corrected chi connectivity index (χ3v) is 22.6. The SMILES string of the molecule is CC(C)(C)OC(=O)NC1=Nc2cc(Br)ccc2C=C(C(=O)N2CCOCC2)C1.CCn1ccc2cc(-c3ccc4c(c3)N=C(N)CC(C(=O)N3CCOCC3)=C4)ccc2c1=O.CCn1ccc2cc(-c3ccc4c(c3)N=C(NC(=O)OC(C)(C)C)CC(C(=O)N3CCOCC3)=C4)ccc2c1=O.CCn1ccc2cc(B3OC(C)(C)C(C)(C)O3)ccc2c1=O. The second kappa shape index (κ2) is 37.9. The zero-order valence-electron chi connectivity index (χ0n) is 72.0. The molecule has 4 saturated heterocycles. The number of benzene rings is 6. The summed E-state index contributed by atoms with van der Waals surface area (Å²) in [6.07, 6.45) is 10.5. The predicted octanol–water partition coefficient (Wildman–Crippen LogP) is 14.2. The smallest absolute Gasteiger partial charge is 0.444 e. The zero-order chi connectivity index (χ0) is 87.8. The Morgan fingerprint density at radius 2 is 0.780 bits per heavy atom. The summed E-state index contributed by atoms with van der Waals surface area (Å²) < 4.78 is 45.0. The van der Waals surface area contributed by atoms with Crippen LogP contribution in [-0.4, -0.2) is 184 Å². The van der Waals surface area contributed by atoms with Crippen LogP contribution in [0.5, 0.6) is 0 Å². The molecule has 0 unspecified atom stereocenters. The average molecular weight is 1730 g/mol. The Labute approximate surface area is 723 Å². The first-order valence-corrected chi connectivity index (χ1v) is 42.4. The van der Waals surface area contributed by atoms with Crippen LogP contribution < -0.4 is 38.5 Å². The molecular formula is C94H106BBrN12O15. The molecule has 4 fully saturated rings. The highest BCUT2D eigenvalue weighted by Gasteiger charge is 2.52. The maximum absolute atomic E-state index is 13.4. The Morgan fingerprint density at radius 3 is 1.16 bits per heavy atom. The number of nitrogens with zero attached hydrogens (tertiary/aromatic N) is 9. The number of nitrogens with one attached hydrogen (secondary N) is 2. The Hall–Kier alpha value is -11.7. The third kappa shape index (κ3) is 21.7. The molecule has 6 aromatic carbocycles. The van der Waals surface area contributed by atoms with Crippen molar-refractivity contribution >= 4 is 144 Å². The molecule has 29 heteroatoms. The standard InChI is InChI=1S/C31H34N4O5.C26H26N4O3.C20H24BrN3O4.C17H22BNO3/c1-5-34-11-10-22-16-20(8-9-25(22)29(34)37)21-6-7-23-17-24(28(36)35-12-14-39-15-13-35)19-27(32-26(23)18-21)33-30(38)40-31(2,3)4;1-2-29-8-7-19-13-17(5-6-22(19)26(29)32)18-3-4-20-14-21(16-24(27)28-23(20)15-18)25(31)30-9-11-33-12-10-30;1-20(2,3)28-19(26)23-17-11-14(18(25)24-6-8-27-9-7-24)10-13-4-5-15(21)12-16(13)22-17;1-6-19-10-9-12-11-13(7-8-14(12)15(19)20)18-21-16(2,3)17(4,5)22-18/h6-11,16-18H,5,12-15,19H2,1-4H3,(H,32,33,38);3-8,13-15H,2,9-12,16H2,1H3,(H2,27,28);4-5,10,12H,6-9,11H2,1-3H3,(H,22,23,26);7-11H,6H2,1-5H3. The summed E-state index contributed by atoms with van der Waals surface area (Å²) in [5.41, 5.74) is 15.2. The van der Waals surface area contributed by atoms with Gasteiger partial charge in [0, 0.05) is 151 Å². The van der Waals surface area contributed by atoms with Crippen LogP contribution in [0.4, 0.5) is 26.7 Å². The summed E-state index contributed by atoms with van der Waals surface area (Å²) in [6.45, 7) is 33.1. The van der Waals surface area contributed by atoms with E-state index in [1.807, 2.05) is 218 Å². The van der Waals surface area contributed by atoms with E-state index in [1.165, 1.54) is 0 Å². The lowest BCUT2D eigenvalue weighted by atomic mass is 9.78. The van der Waals surface area contributed by atoms with E-state index in [0.29, 0.717) is 161 Å². The number of aliphatic imine (C=N–C) groups is 3. The highest BCUT2D eigenvalue weighted by Crippen LogP contribution is 2.39. The van der Waals surface area contributed by atoms with E-state index in [1.54, 1.807) is 65.0 Å². The Bertz CT molecular complexity index is 5970. The minimum absolute atomic E-state index is 0.0133. The van der Waals surface area contributed by atoms with Crippen LogP contribution in [-0.2, 0) is 67.0 Å². The van der Waals surface area contributed by atoms with Gasteiger partial charge >= 0.3 is 19.3 Å². The summed E-state index contributed by atoms with van der Waals surface area (Å²) in [4.78, 5) is 121. The van der Waals surface area contributed by atoms with Crippen molar-refractivity contribution in [3.8, 4) is 22.3 Å². The molecule has 0 saturated carbocycles. The fourth-order valence-corrected chi connectivity index (χ4v) is 15.2. The Balaban J connectivity index is 0.000000144. The monoisotopic (exact) mass is 1730 g/mol. The van der Waals surface area contributed by atoms with Gasteiger partial charge in [0.05, 0.1) is 67.9 Å². The molecule has 16 rings (SSSR count). The lowest BCUT2D eigenvalue weighted by molar-refractivity contribution is -0.131. The maximum Gasteiger partial charge on any atom is 0.494 e. The summed E-state index contributed by atoms with van der Waals surface area (Å²) in [6, 6.07) is 40.7. The van der Waals surface area contributed by atoms with Crippen LogP contribution in [0.1, 0.15) is 126 Å². The summed E-state index contributed by atoms with van der Waals surface area (Å²) in [5.74, 6) is 0.928. The summed E-state index contributed by atoms with van der Waals surface area (Å²) >= 11 is 3.44. The van der Waals surface area contributed by atoms with Crippen molar-refractivity contribution in [3.63, 3.8) is 0 Å². The van der Waals surface area contributed by atoms with Gasteiger partial charge in [-0.25, -0.2) is 24.6 Å². The maximum atomic E-state index is 13.4. The molecule has 0 atom stereocenters. The highest BCUT2D eigenvalue weighted by atomic mass is 79.9. The summed E-state index contributed by atoms with van der Waals surface area (Å²) in [5, 5.41) is 10.2. The van der Waals surface area contributed by atoms with E-state index in [2.05, 4.69) is 36.5 Å². The van der Waals surface area contributed by atoms with E-state index in [4.69, 9.17) is 43.7 Å². The van der Waals surface area contributed by atoms with Crippen molar-refractivity contribution < 1.29 is 57.0 Å². The molecule has 27 nitrogen and oxygen atoms in total. The van der Waals surface area contributed by atoms with Crippen molar-refractivity contribution in [1.82, 2.24) is 39.0 Å². The van der Waals surface area contributed by atoms with Gasteiger partial charge in [0.1, 0.15) is 28.7 Å². The van der Waals surface area contributed by atoms with E-state index in [9.17, 15) is 38.4 Å². The van der Waals surface area contributed by atoms with Gasteiger partial charge in [-0.3, -0.25) is 39.4 Å². The van der Waals surface area contributed by atoms with Crippen molar-refractivity contribution in [1.29, 1.82) is 0 Å². The fourth-order valence-electron chi connectivity index (χ4n) is 14.9. The van der Waals surface area contributed by atoms with Gasteiger partial charge in [-0.1, -0.05) is 70.5 Å². The highest BCUT2D eigenvalue weighted by molar-refractivity contribution is 9.10. The van der Waals surface area contributed by atoms with E-state index < -0.39 is 30.5 Å². The number of aryl methyl sites for hydroxylation is 3. The van der Waals surface area contributed by atoms with Crippen LogP contribution in [0.15, 0.2) is 197 Å². The van der Waals surface area contributed by atoms with Gasteiger partial charge < -0.3 is 67.1 Å². The molecule has 10 heterocycles. The quantitative estimate of drug-likeness (QED) is 0.113. The number of morpholine rings is 3. The largest absolute Gasteiger partial charge is 0.494 e. The number of aromatic nitrogens is 3. The number of ether oxygens (including phenoxy) is 5. The van der Waals surface area contributed by atoms with Crippen LogP contribution in [0.25, 0.3) is 72.8 Å². The lowest BCUT2D eigenvalue weighted by Gasteiger charge is -2.32. The first-order valence-electron chi connectivity index (χ1n) is 41.7. The molecule has 0 radical (unpaired) electrons. The minimum atomic E-state index is -0.681. The van der Waals surface area contributed by atoms with Gasteiger partial charge in [0.25, 0.3) is 16.7 Å². The topological polar surface area (TPSA) is 313 Å². The van der Waals surface area contributed by atoms with E-state index in [-0.39, 0.29) is 58.4 Å². The number of halogens is 1. The van der Waals surface area contributed by atoms with Gasteiger partial charge in [0.15, 0.2) is 0 Å². The third-order valence-electron chi connectivity index (χ3n) is 22.1. The van der Waals surface area contributed by atoms with Gasteiger partial charge in [0.2, 0.25) is 17.7 Å². The average Bonchev–Trinajstić information content (AvgIpc) is 1.63. The molecule has 0 aliphatic carbocycles. The molecule has 4 N–H and O–H groups in total. The first-order chi connectivity index (χ1) is 58.6. The number of rotatable bonds is 9. The van der Waals surface area contributed by atoms with Crippen LogP contribution >= 0.6 is 15.9 Å². The second-order valence-electron chi connectivity index (χ2n) is 33.7. The van der Waals surface area contributed by atoms with Gasteiger partial charge in [-0.15, -0.1) is 0 Å². The molecule has 7 aliphatic rings. The number of amidine groups is 3. The normalized spacial score (nSPS) is 16.8. The van der Waals surface area contributed by atoms with Crippen molar-refractivity contribution in [2.24, 2.45) is 20.7 Å². The molecule has 5 amide bonds. The van der Waals surface area contributed by atoms with Crippen molar-refractivity contribution in [2.75, 3.05) is 78.9 Å². The Morgan fingerprint density at radius 1 is 0.447 bits per heavy atom. The minimum Gasteiger partial charge on any atom is -0.444 e. The second-order valence-corrected chi connectivity index (χ2v) is 34.7. The number of amides is 5. The first kappa shape index (κ1) is 89.0. The number of fused-ring (bicyclic) bond motifs is 6. The zero-order valence-corrected chi connectivity index (χ0v) is 73.6. The van der Waals surface area contributed by atoms with Crippen LogP contribution in [0, 0.1) is 0 Å².